The van der Waals surface area contributed by atoms with Gasteiger partial charge in [0.15, 0.2) is 4.67 Å². The molecule has 2 heterocycles. The number of imidazole rings is 1. The summed E-state index contributed by atoms with van der Waals surface area (Å²) in [6.07, 6.45) is 0. The Kier molecular flexibility index (Phi) is 2.12. The SMILES string of the molecule is O=c1[nH]c2cc(O)ccc2n1-c1ccc(Br)o1. The Morgan fingerprint density at radius 2 is 2.12 bits per heavy atom. The highest BCUT2D eigenvalue weighted by molar-refractivity contribution is 9.10. The number of rotatable bonds is 1. The molecule has 0 spiro atoms. The summed E-state index contributed by atoms with van der Waals surface area (Å²) in [6, 6.07) is 8.06. The number of nitrogens with zero attached hydrogens (tertiary/aromatic N) is 1. The third kappa shape index (κ3) is 1.57. The second-order valence-electron chi connectivity index (χ2n) is 3.54. The summed E-state index contributed by atoms with van der Waals surface area (Å²) >= 11 is 3.19. The number of benzene rings is 1. The summed E-state index contributed by atoms with van der Waals surface area (Å²) in [6.45, 7) is 0. The van der Waals surface area contributed by atoms with Gasteiger partial charge in [-0.05, 0) is 34.1 Å². The van der Waals surface area contributed by atoms with E-state index in [1.807, 2.05) is 0 Å². The Morgan fingerprint density at radius 3 is 2.82 bits per heavy atom. The molecule has 3 rings (SSSR count). The molecule has 17 heavy (non-hydrogen) atoms. The van der Waals surface area contributed by atoms with Crippen molar-refractivity contribution in [1.82, 2.24) is 9.55 Å². The lowest BCUT2D eigenvalue weighted by atomic mass is 10.3. The summed E-state index contributed by atoms with van der Waals surface area (Å²) in [4.78, 5) is 14.5. The van der Waals surface area contributed by atoms with Gasteiger partial charge in [-0.25, -0.2) is 9.36 Å². The monoisotopic (exact) mass is 294 g/mol. The number of halogens is 1. The second kappa shape index (κ2) is 3.53. The highest BCUT2D eigenvalue weighted by Gasteiger charge is 2.11. The molecule has 0 bridgehead atoms. The van der Waals surface area contributed by atoms with E-state index in [1.54, 1.807) is 18.2 Å². The molecule has 1 aromatic carbocycles. The number of hydrogen-bond acceptors (Lipinski definition) is 3. The maximum absolute atomic E-state index is 11.8. The molecule has 0 unspecified atom stereocenters. The van der Waals surface area contributed by atoms with Crippen molar-refractivity contribution >= 4 is 27.0 Å². The number of aromatic hydroxyl groups is 1. The van der Waals surface area contributed by atoms with Crippen LogP contribution < -0.4 is 5.69 Å². The third-order valence-electron chi connectivity index (χ3n) is 2.45. The fraction of sp³-hybridized carbons (Fsp3) is 0. The van der Waals surface area contributed by atoms with Gasteiger partial charge in [0.05, 0.1) is 11.0 Å². The Morgan fingerprint density at radius 1 is 1.29 bits per heavy atom. The Hall–Kier alpha value is -1.95. The fourth-order valence-electron chi connectivity index (χ4n) is 1.74. The van der Waals surface area contributed by atoms with Crippen LogP contribution in [0.15, 0.2) is 44.2 Å². The molecule has 2 N–H and O–H groups in total. The lowest BCUT2D eigenvalue weighted by molar-refractivity contribution is 0.476. The van der Waals surface area contributed by atoms with E-state index in [1.165, 1.54) is 16.7 Å². The standard InChI is InChI=1S/C11H7BrN2O3/c12-9-3-4-10(17-9)14-8-2-1-6(15)5-7(8)13-11(14)16/h1-5,15H,(H,13,16). The van der Waals surface area contributed by atoms with Crippen molar-refractivity contribution in [3.8, 4) is 11.6 Å². The summed E-state index contributed by atoms with van der Waals surface area (Å²) in [5, 5.41) is 9.34. The van der Waals surface area contributed by atoms with Crippen LogP contribution in [0.2, 0.25) is 0 Å². The van der Waals surface area contributed by atoms with Crippen LogP contribution in [-0.4, -0.2) is 14.7 Å². The quantitative estimate of drug-likeness (QED) is 0.724. The molecule has 0 saturated carbocycles. The molecular formula is C11H7BrN2O3. The molecule has 0 aliphatic carbocycles. The highest BCUT2D eigenvalue weighted by atomic mass is 79.9. The molecule has 0 aliphatic rings. The minimum atomic E-state index is -0.313. The second-order valence-corrected chi connectivity index (χ2v) is 4.33. The Balaban J connectivity index is 2.36. The summed E-state index contributed by atoms with van der Waals surface area (Å²) in [7, 11) is 0. The van der Waals surface area contributed by atoms with E-state index in [2.05, 4.69) is 20.9 Å². The van der Waals surface area contributed by atoms with E-state index in [0.29, 0.717) is 21.6 Å². The van der Waals surface area contributed by atoms with E-state index in [9.17, 15) is 9.90 Å². The van der Waals surface area contributed by atoms with Gasteiger partial charge in [0.2, 0.25) is 5.88 Å². The van der Waals surface area contributed by atoms with Crippen LogP contribution >= 0.6 is 15.9 Å². The average Bonchev–Trinajstić information content (AvgIpc) is 2.80. The number of nitrogens with one attached hydrogen (secondary N) is 1. The van der Waals surface area contributed by atoms with Gasteiger partial charge in [-0.1, -0.05) is 0 Å². The zero-order valence-corrected chi connectivity index (χ0v) is 10.1. The first-order valence-electron chi connectivity index (χ1n) is 4.84. The molecule has 5 nitrogen and oxygen atoms in total. The number of aromatic nitrogens is 2. The lowest BCUT2D eigenvalue weighted by Crippen LogP contribution is -2.13. The summed E-state index contributed by atoms with van der Waals surface area (Å²) in [5.74, 6) is 0.519. The number of fused-ring (bicyclic) bond motifs is 1. The number of phenols is 1. The minimum Gasteiger partial charge on any atom is -0.508 e. The van der Waals surface area contributed by atoms with Gasteiger partial charge in [0, 0.05) is 12.1 Å². The van der Waals surface area contributed by atoms with Gasteiger partial charge >= 0.3 is 5.69 Å². The number of phenolic OH excluding ortho intramolecular Hbond substituents is 1. The van der Waals surface area contributed by atoms with Gasteiger partial charge in [0.1, 0.15) is 5.75 Å². The molecular weight excluding hydrogens is 288 g/mol. The van der Waals surface area contributed by atoms with Crippen LogP contribution in [0.25, 0.3) is 16.9 Å². The number of hydrogen-bond donors (Lipinski definition) is 2. The fourth-order valence-corrected chi connectivity index (χ4v) is 2.04. The van der Waals surface area contributed by atoms with Crippen molar-refractivity contribution in [3.63, 3.8) is 0 Å². The number of furan rings is 1. The van der Waals surface area contributed by atoms with E-state index >= 15 is 0 Å². The summed E-state index contributed by atoms with van der Waals surface area (Å²) in [5.41, 5.74) is 0.893. The van der Waals surface area contributed by atoms with Crippen molar-refractivity contribution in [3.05, 3.63) is 45.5 Å². The zero-order valence-electron chi connectivity index (χ0n) is 8.48. The topological polar surface area (TPSA) is 71.2 Å². The van der Waals surface area contributed by atoms with Crippen LogP contribution in [0.1, 0.15) is 0 Å². The van der Waals surface area contributed by atoms with E-state index in [-0.39, 0.29) is 11.4 Å². The van der Waals surface area contributed by atoms with Crippen LogP contribution in [0.3, 0.4) is 0 Å². The molecule has 0 radical (unpaired) electrons. The highest BCUT2D eigenvalue weighted by Crippen LogP contribution is 2.22. The molecule has 0 saturated heterocycles. The zero-order chi connectivity index (χ0) is 12.0. The van der Waals surface area contributed by atoms with Crippen LogP contribution in [0.5, 0.6) is 5.75 Å². The molecule has 0 aliphatic heterocycles. The van der Waals surface area contributed by atoms with Crippen LogP contribution in [-0.2, 0) is 0 Å². The number of H-pyrrole nitrogens is 1. The molecule has 2 aromatic heterocycles. The average molecular weight is 295 g/mol. The predicted octanol–water partition coefficient (Wildman–Crippen LogP) is 2.38. The molecule has 3 aromatic rings. The van der Waals surface area contributed by atoms with Gasteiger partial charge in [0.25, 0.3) is 0 Å². The van der Waals surface area contributed by atoms with Crippen molar-refractivity contribution in [2.45, 2.75) is 0 Å². The lowest BCUT2D eigenvalue weighted by Gasteiger charge is -1.98. The first kappa shape index (κ1) is 10.2. The van der Waals surface area contributed by atoms with Gasteiger partial charge in [-0.3, -0.25) is 0 Å². The summed E-state index contributed by atoms with van der Waals surface area (Å²) < 4.78 is 7.30. The molecule has 0 amide bonds. The van der Waals surface area contributed by atoms with Crippen LogP contribution in [0.4, 0.5) is 0 Å². The Bertz CT molecular complexity index is 754. The first-order valence-corrected chi connectivity index (χ1v) is 5.64. The van der Waals surface area contributed by atoms with E-state index in [4.69, 9.17) is 4.42 Å². The van der Waals surface area contributed by atoms with Crippen molar-refractivity contribution in [1.29, 1.82) is 0 Å². The molecule has 0 atom stereocenters. The van der Waals surface area contributed by atoms with E-state index in [0.717, 1.165) is 0 Å². The smallest absolute Gasteiger partial charge is 0.333 e. The minimum absolute atomic E-state index is 0.103. The van der Waals surface area contributed by atoms with Crippen molar-refractivity contribution < 1.29 is 9.52 Å². The predicted molar refractivity (Wildman–Crippen MR) is 65.5 cm³/mol. The molecule has 6 heteroatoms. The van der Waals surface area contributed by atoms with Gasteiger partial charge in [-0.15, -0.1) is 0 Å². The Labute approximate surface area is 103 Å². The first-order chi connectivity index (χ1) is 8.15. The normalized spacial score (nSPS) is 11.1. The maximum Gasteiger partial charge on any atom is 0.333 e. The van der Waals surface area contributed by atoms with Gasteiger partial charge < -0.3 is 14.5 Å². The molecule has 0 fully saturated rings. The van der Waals surface area contributed by atoms with Crippen molar-refractivity contribution in [2.24, 2.45) is 0 Å². The van der Waals surface area contributed by atoms with Crippen LogP contribution in [0, 0.1) is 0 Å². The van der Waals surface area contributed by atoms with Gasteiger partial charge in [-0.2, -0.15) is 0 Å². The van der Waals surface area contributed by atoms with Crippen molar-refractivity contribution in [2.75, 3.05) is 0 Å². The number of aromatic amines is 1. The largest absolute Gasteiger partial charge is 0.508 e. The third-order valence-corrected chi connectivity index (χ3v) is 2.87. The van der Waals surface area contributed by atoms with E-state index < -0.39 is 0 Å². The molecule has 86 valence electrons. The maximum atomic E-state index is 11.8.